The van der Waals surface area contributed by atoms with Crippen LogP contribution in [0.25, 0.3) is 0 Å². The molecule has 6 nitrogen and oxygen atoms in total. The summed E-state index contributed by atoms with van der Waals surface area (Å²) in [6, 6.07) is 2.92. The Morgan fingerprint density at radius 1 is 1.44 bits per heavy atom. The molecule has 1 unspecified atom stereocenters. The SMILES string of the molecule is Cl.Cn1ccnc1C1CNCCN1CC(=O)Nc1cc(F)ccc1F. The molecule has 1 saturated heterocycles. The zero-order valence-electron chi connectivity index (χ0n) is 13.7. The van der Waals surface area contributed by atoms with Crippen molar-refractivity contribution in [2.75, 3.05) is 31.5 Å². The van der Waals surface area contributed by atoms with E-state index in [9.17, 15) is 13.6 Å². The van der Waals surface area contributed by atoms with E-state index in [1.165, 1.54) is 0 Å². The lowest BCUT2D eigenvalue weighted by Crippen LogP contribution is -2.49. The quantitative estimate of drug-likeness (QED) is 0.859. The lowest BCUT2D eigenvalue weighted by molar-refractivity contribution is -0.118. The molecule has 0 saturated carbocycles. The zero-order chi connectivity index (χ0) is 17.1. The minimum Gasteiger partial charge on any atom is -0.337 e. The first-order valence-electron chi connectivity index (χ1n) is 7.71. The number of hydrogen-bond acceptors (Lipinski definition) is 4. The number of piperazine rings is 1. The number of carbonyl (C=O) groups is 1. The van der Waals surface area contributed by atoms with Crippen molar-refractivity contribution in [1.82, 2.24) is 19.8 Å². The van der Waals surface area contributed by atoms with Gasteiger partial charge in [-0.3, -0.25) is 9.69 Å². The molecular weight excluding hydrogens is 352 g/mol. The Morgan fingerprint density at radius 3 is 2.96 bits per heavy atom. The van der Waals surface area contributed by atoms with E-state index in [0.29, 0.717) is 13.1 Å². The van der Waals surface area contributed by atoms with Gasteiger partial charge in [0, 0.05) is 45.1 Å². The number of hydrogen-bond donors (Lipinski definition) is 2. The fourth-order valence-electron chi connectivity index (χ4n) is 2.86. The monoisotopic (exact) mass is 371 g/mol. The number of aromatic nitrogens is 2. The molecule has 0 aliphatic carbocycles. The van der Waals surface area contributed by atoms with Crippen LogP contribution in [-0.4, -0.2) is 46.5 Å². The van der Waals surface area contributed by atoms with Crippen LogP contribution in [0, 0.1) is 11.6 Å². The van der Waals surface area contributed by atoms with E-state index in [0.717, 1.165) is 30.6 Å². The second kappa shape index (κ2) is 8.37. The topological polar surface area (TPSA) is 62.2 Å². The number of nitrogens with one attached hydrogen (secondary N) is 2. The molecule has 3 rings (SSSR count). The van der Waals surface area contributed by atoms with Gasteiger partial charge in [0.15, 0.2) is 0 Å². The summed E-state index contributed by atoms with van der Waals surface area (Å²) in [5.41, 5.74) is -0.149. The van der Waals surface area contributed by atoms with Gasteiger partial charge in [-0.1, -0.05) is 0 Å². The molecular formula is C16H20ClF2N5O. The van der Waals surface area contributed by atoms with Gasteiger partial charge in [-0.2, -0.15) is 0 Å². The summed E-state index contributed by atoms with van der Waals surface area (Å²) < 4.78 is 28.8. The summed E-state index contributed by atoms with van der Waals surface area (Å²) in [4.78, 5) is 18.6. The van der Waals surface area contributed by atoms with Crippen molar-refractivity contribution in [3.05, 3.63) is 48.1 Å². The standard InChI is InChI=1S/C16H19F2N5O.ClH/c1-22-6-5-20-16(22)14-9-19-4-7-23(14)10-15(24)21-13-8-11(17)2-3-12(13)18;/h2-3,5-6,8,14,19H,4,7,9-10H2,1H3,(H,21,24);1H. The van der Waals surface area contributed by atoms with Gasteiger partial charge >= 0.3 is 0 Å². The van der Waals surface area contributed by atoms with Crippen LogP contribution in [0.5, 0.6) is 0 Å². The molecule has 1 atom stereocenters. The van der Waals surface area contributed by atoms with E-state index in [1.807, 2.05) is 22.7 Å². The first-order chi connectivity index (χ1) is 11.5. The Bertz CT molecular complexity index is 739. The molecule has 1 aliphatic heterocycles. The maximum absolute atomic E-state index is 13.6. The number of rotatable bonds is 4. The van der Waals surface area contributed by atoms with Crippen molar-refractivity contribution in [3.8, 4) is 0 Å². The normalized spacial score (nSPS) is 17.8. The minimum absolute atomic E-state index is 0. The highest BCUT2D eigenvalue weighted by Gasteiger charge is 2.28. The molecule has 9 heteroatoms. The summed E-state index contributed by atoms with van der Waals surface area (Å²) >= 11 is 0. The summed E-state index contributed by atoms with van der Waals surface area (Å²) in [6.45, 7) is 2.17. The number of nitrogens with zero attached hydrogens (tertiary/aromatic N) is 3. The molecule has 25 heavy (non-hydrogen) atoms. The molecule has 2 heterocycles. The molecule has 136 valence electrons. The van der Waals surface area contributed by atoms with Crippen LogP contribution in [0.15, 0.2) is 30.6 Å². The third-order valence-corrected chi connectivity index (χ3v) is 4.06. The smallest absolute Gasteiger partial charge is 0.238 e. The summed E-state index contributed by atoms with van der Waals surface area (Å²) in [5.74, 6) is -0.794. The van der Waals surface area contributed by atoms with Gasteiger partial charge in [-0.05, 0) is 12.1 Å². The van der Waals surface area contributed by atoms with Gasteiger partial charge < -0.3 is 15.2 Å². The Morgan fingerprint density at radius 2 is 2.24 bits per heavy atom. The van der Waals surface area contributed by atoms with E-state index in [-0.39, 0.29) is 36.6 Å². The summed E-state index contributed by atoms with van der Waals surface area (Å²) in [5, 5.41) is 5.72. The predicted octanol–water partition coefficient (Wildman–Crippen LogP) is 1.71. The first kappa shape index (κ1) is 19.3. The van der Waals surface area contributed by atoms with Crippen molar-refractivity contribution in [1.29, 1.82) is 0 Å². The average molecular weight is 372 g/mol. The van der Waals surface area contributed by atoms with Crippen molar-refractivity contribution in [2.45, 2.75) is 6.04 Å². The highest BCUT2D eigenvalue weighted by Crippen LogP contribution is 2.21. The number of halogens is 3. The number of carbonyl (C=O) groups excluding carboxylic acids is 1. The molecule has 0 spiro atoms. The van der Waals surface area contributed by atoms with Crippen LogP contribution in [0.4, 0.5) is 14.5 Å². The Balaban J connectivity index is 0.00000225. The molecule has 2 N–H and O–H groups in total. The Hall–Kier alpha value is -2.03. The van der Waals surface area contributed by atoms with E-state index in [2.05, 4.69) is 15.6 Å². The molecule has 1 aromatic carbocycles. The van der Waals surface area contributed by atoms with Crippen LogP contribution in [0.3, 0.4) is 0 Å². The molecule has 1 aromatic heterocycles. The van der Waals surface area contributed by atoms with Crippen LogP contribution in [0.2, 0.25) is 0 Å². The van der Waals surface area contributed by atoms with E-state index in [4.69, 9.17) is 0 Å². The second-order valence-corrected chi connectivity index (χ2v) is 5.76. The maximum Gasteiger partial charge on any atom is 0.238 e. The highest BCUT2D eigenvalue weighted by molar-refractivity contribution is 5.92. The largest absolute Gasteiger partial charge is 0.337 e. The van der Waals surface area contributed by atoms with E-state index >= 15 is 0 Å². The number of aryl methyl sites for hydroxylation is 1. The zero-order valence-corrected chi connectivity index (χ0v) is 14.5. The van der Waals surface area contributed by atoms with Crippen LogP contribution in [-0.2, 0) is 11.8 Å². The summed E-state index contributed by atoms with van der Waals surface area (Å²) in [7, 11) is 1.90. The van der Waals surface area contributed by atoms with Gasteiger partial charge in [-0.15, -0.1) is 12.4 Å². The molecule has 0 bridgehead atoms. The molecule has 1 amide bonds. The minimum atomic E-state index is -0.661. The summed E-state index contributed by atoms with van der Waals surface area (Å²) in [6.07, 6.45) is 3.56. The first-order valence-corrected chi connectivity index (χ1v) is 7.71. The fraction of sp³-hybridized carbons (Fsp3) is 0.375. The Kier molecular flexibility index (Phi) is 6.46. The molecule has 1 aliphatic rings. The van der Waals surface area contributed by atoms with Crippen molar-refractivity contribution < 1.29 is 13.6 Å². The van der Waals surface area contributed by atoms with Crippen LogP contribution >= 0.6 is 12.4 Å². The highest BCUT2D eigenvalue weighted by atomic mass is 35.5. The van der Waals surface area contributed by atoms with Gasteiger partial charge in [0.25, 0.3) is 0 Å². The lowest BCUT2D eigenvalue weighted by Gasteiger charge is -2.35. The van der Waals surface area contributed by atoms with Crippen molar-refractivity contribution in [3.63, 3.8) is 0 Å². The van der Waals surface area contributed by atoms with Crippen LogP contribution < -0.4 is 10.6 Å². The van der Waals surface area contributed by atoms with E-state index in [1.54, 1.807) is 6.20 Å². The second-order valence-electron chi connectivity index (χ2n) is 5.76. The third-order valence-electron chi connectivity index (χ3n) is 4.06. The van der Waals surface area contributed by atoms with Gasteiger partial charge in [0.1, 0.15) is 17.5 Å². The third kappa shape index (κ3) is 4.53. The molecule has 2 aromatic rings. The van der Waals surface area contributed by atoms with Crippen molar-refractivity contribution in [2.24, 2.45) is 7.05 Å². The van der Waals surface area contributed by atoms with E-state index < -0.39 is 11.6 Å². The van der Waals surface area contributed by atoms with Gasteiger partial charge in [0.05, 0.1) is 18.3 Å². The number of benzene rings is 1. The predicted molar refractivity (Wildman–Crippen MR) is 92.6 cm³/mol. The van der Waals surface area contributed by atoms with Crippen molar-refractivity contribution >= 4 is 24.0 Å². The Labute approximate surface area is 150 Å². The number of amides is 1. The maximum atomic E-state index is 13.6. The lowest BCUT2D eigenvalue weighted by atomic mass is 10.1. The molecule has 1 fully saturated rings. The molecule has 0 radical (unpaired) electrons. The van der Waals surface area contributed by atoms with Gasteiger partial charge in [0.2, 0.25) is 5.91 Å². The van der Waals surface area contributed by atoms with Gasteiger partial charge in [-0.25, -0.2) is 13.8 Å². The number of imidazole rings is 1. The average Bonchev–Trinajstić information content (AvgIpc) is 2.97. The number of anilines is 1. The van der Waals surface area contributed by atoms with Crippen LogP contribution in [0.1, 0.15) is 11.9 Å². The fourth-order valence-corrected chi connectivity index (χ4v) is 2.86.